The number of hydrogen-bond acceptors (Lipinski definition) is 1. The largest absolute Gasteiger partial charge is 0.357 e. The van der Waals surface area contributed by atoms with Crippen molar-refractivity contribution in [3.8, 4) is 0 Å². The SMILES string of the molecule is Cc1[nH]c2c(I)cc(Cl)cc2c(=O)c1C. The van der Waals surface area contributed by atoms with Crippen LogP contribution in [0, 0.1) is 17.4 Å². The van der Waals surface area contributed by atoms with Gasteiger partial charge in [-0.1, -0.05) is 11.6 Å². The van der Waals surface area contributed by atoms with Gasteiger partial charge in [-0.3, -0.25) is 4.79 Å². The van der Waals surface area contributed by atoms with E-state index < -0.39 is 0 Å². The summed E-state index contributed by atoms with van der Waals surface area (Å²) < 4.78 is 0.968. The molecule has 1 aromatic heterocycles. The third-order valence-corrected chi connectivity index (χ3v) is 3.58. The van der Waals surface area contributed by atoms with Crippen molar-refractivity contribution in [2.45, 2.75) is 13.8 Å². The van der Waals surface area contributed by atoms with E-state index in [1.54, 1.807) is 6.07 Å². The summed E-state index contributed by atoms with van der Waals surface area (Å²) in [5.74, 6) is 0. The molecule has 0 aliphatic rings. The van der Waals surface area contributed by atoms with Crippen LogP contribution in [0.25, 0.3) is 10.9 Å². The van der Waals surface area contributed by atoms with Gasteiger partial charge in [-0.15, -0.1) is 0 Å². The zero-order valence-electron chi connectivity index (χ0n) is 8.32. The van der Waals surface area contributed by atoms with Crippen LogP contribution in [-0.4, -0.2) is 4.98 Å². The number of benzene rings is 1. The lowest BCUT2D eigenvalue weighted by Gasteiger charge is -2.06. The summed E-state index contributed by atoms with van der Waals surface area (Å²) in [4.78, 5) is 15.2. The van der Waals surface area contributed by atoms with Crippen LogP contribution in [0.5, 0.6) is 0 Å². The number of fused-ring (bicyclic) bond motifs is 1. The molecule has 0 fully saturated rings. The lowest BCUT2D eigenvalue weighted by atomic mass is 10.1. The van der Waals surface area contributed by atoms with Crippen molar-refractivity contribution in [3.05, 3.63) is 42.2 Å². The van der Waals surface area contributed by atoms with Crippen LogP contribution in [-0.2, 0) is 0 Å². The molecule has 15 heavy (non-hydrogen) atoms. The van der Waals surface area contributed by atoms with Crippen molar-refractivity contribution < 1.29 is 0 Å². The standard InChI is InChI=1S/C11H9ClINO/c1-5-6(2)14-10-8(11(5)15)3-7(12)4-9(10)13/h3-4H,1-2H3,(H,14,15). The number of nitrogens with one attached hydrogen (secondary N) is 1. The molecule has 0 bridgehead atoms. The summed E-state index contributed by atoms with van der Waals surface area (Å²) in [5.41, 5.74) is 2.59. The highest BCUT2D eigenvalue weighted by atomic mass is 127. The number of halogens is 2. The third kappa shape index (κ3) is 1.78. The Hall–Kier alpha value is -0.550. The highest BCUT2D eigenvalue weighted by Gasteiger charge is 2.08. The van der Waals surface area contributed by atoms with Crippen molar-refractivity contribution in [1.29, 1.82) is 0 Å². The molecule has 1 heterocycles. The maximum atomic E-state index is 12.0. The van der Waals surface area contributed by atoms with E-state index in [0.29, 0.717) is 10.4 Å². The van der Waals surface area contributed by atoms with Gasteiger partial charge in [0.1, 0.15) is 0 Å². The predicted octanol–water partition coefficient (Wildman–Crippen LogP) is 3.40. The number of hydrogen-bond donors (Lipinski definition) is 1. The third-order valence-electron chi connectivity index (χ3n) is 2.52. The molecule has 0 aliphatic carbocycles. The highest BCUT2D eigenvalue weighted by Crippen LogP contribution is 2.22. The molecule has 0 atom stereocenters. The molecular formula is C11H9ClINO. The average molecular weight is 334 g/mol. The first-order valence-corrected chi connectivity index (χ1v) is 5.94. The summed E-state index contributed by atoms with van der Waals surface area (Å²) in [6, 6.07) is 3.56. The quantitative estimate of drug-likeness (QED) is 0.736. The zero-order valence-corrected chi connectivity index (χ0v) is 11.2. The Bertz CT molecular complexity index is 604. The molecule has 0 saturated heterocycles. The van der Waals surface area contributed by atoms with Gasteiger partial charge in [-0.25, -0.2) is 0 Å². The molecule has 0 saturated carbocycles. The van der Waals surface area contributed by atoms with E-state index in [1.807, 2.05) is 19.9 Å². The highest BCUT2D eigenvalue weighted by molar-refractivity contribution is 14.1. The van der Waals surface area contributed by atoms with Gasteiger partial charge in [0.2, 0.25) is 0 Å². The van der Waals surface area contributed by atoms with E-state index in [0.717, 1.165) is 20.3 Å². The Kier molecular flexibility index (Phi) is 2.77. The van der Waals surface area contributed by atoms with Crippen LogP contribution < -0.4 is 5.43 Å². The smallest absolute Gasteiger partial charge is 0.192 e. The van der Waals surface area contributed by atoms with Crippen LogP contribution in [0.1, 0.15) is 11.3 Å². The summed E-state index contributed by atoms with van der Waals surface area (Å²) in [5, 5.41) is 1.26. The Labute approximate surface area is 106 Å². The summed E-state index contributed by atoms with van der Waals surface area (Å²) in [7, 11) is 0. The fourth-order valence-electron chi connectivity index (χ4n) is 1.53. The van der Waals surface area contributed by atoms with Gasteiger partial charge in [0.05, 0.1) is 5.52 Å². The number of aromatic amines is 1. The second-order valence-corrected chi connectivity index (χ2v) is 5.11. The van der Waals surface area contributed by atoms with Gasteiger partial charge in [-0.2, -0.15) is 0 Å². The number of aromatic nitrogens is 1. The lowest BCUT2D eigenvalue weighted by molar-refractivity contribution is 1.17. The molecular weight excluding hydrogens is 324 g/mol. The van der Waals surface area contributed by atoms with E-state index in [1.165, 1.54) is 0 Å². The molecule has 0 unspecified atom stereocenters. The Morgan fingerprint density at radius 2 is 2.00 bits per heavy atom. The molecule has 4 heteroatoms. The monoisotopic (exact) mass is 333 g/mol. The number of H-pyrrole nitrogens is 1. The van der Waals surface area contributed by atoms with Gasteiger partial charge < -0.3 is 4.98 Å². The molecule has 1 aromatic carbocycles. The maximum Gasteiger partial charge on any atom is 0.192 e. The Balaban J connectivity index is 3.06. The predicted molar refractivity (Wildman–Crippen MR) is 71.8 cm³/mol. The molecule has 78 valence electrons. The van der Waals surface area contributed by atoms with Crippen LogP contribution in [0.15, 0.2) is 16.9 Å². The Morgan fingerprint density at radius 3 is 2.67 bits per heavy atom. The van der Waals surface area contributed by atoms with Crippen molar-refractivity contribution in [1.82, 2.24) is 4.98 Å². The number of rotatable bonds is 0. The van der Waals surface area contributed by atoms with Gasteiger partial charge in [-0.05, 0) is 48.6 Å². The molecule has 2 nitrogen and oxygen atoms in total. The van der Waals surface area contributed by atoms with Gasteiger partial charge >= 0.3 is 0 Å². The van der Waals surface area contributed by atoms with Crippen molar-refractivity contribution in [3.63, 3.8) is 0 Å². The fourth-order valence-corrected chi connectivity index (χ4v) is 2.70. The second-order valence-electron chi connectivity index (χ2n) is 3.51. The fraction of sp³-hybridized carbons (Fsp3) is 0.182. The van der Waals surface area contributed by atoms with E-state index in [4.69, 9.17) is 11.6 Å². The van der Waals surface area contributed by atoms with Gasteiger partial charge in [0.15, 0.2) is 5.43 Å². The summed E-state index contributed by atoms with van der Waals surface area (Å²) in [6.45, 7) is 3.72. The molecule has 2 aromatic rings. The first kappa shape index (κ1) is 11.0. The minimum Gasteiger partial charge on any atom is -0.357 e. The van der Waals surface area contributed by atoms with Crippen LogP contribution in [0.2, 0.25) is 5.02 Å². The van der Waals surface area contributed by atoms with Crippen LogP contribution in [0.3, 0.4) is 0 Å². The topological polar surface area (TPSA) is 32.9 Å². The van der Waals surface area contributed by atoms with Crippen LogP contribution in [0.4, 0.5) is 0 Å². The molecule has 1 N–H and O–H groups in total. The molecule has 0 amide bonds. The molecule has 2 rings (SSSR count). The number of pyridine rings is 1. The van der Waals surface area contributed by atoms with Gasteiger partial charge in [0, 0.05) is 25.2 Å². The summed E-state index contributed by atoms with van der Waals surface area (Å²) >= 11 is 8.10. The average Bonchev–Trinajstić information content (AvgIpc) is 2.17. The second kappa shape index (κ2) is 3.79. The minimum atomic E-state index is 0.0571. The minimum absolute atomic E-state index is 0.0571. The van der Waals surface area contributed by atoms with E-state index in [2.05, 4.69) is 27.6 Å². The van der Waals surface area contributed by atoms with E-state index in [9.17, 15) is 4.79 Å². The van der Waals surface area contributed by atoms with E-state index in [-0.39, 0.29) is 5.43 Å². The summed E-state index contributed by atoms with van der Waals surface area (Å²) in [6.07, 6.45) is 0. The normalized spacial score (nSPS) is 10.9. The maximum absolute atomic E-state index is 12.0. The first-order valence-electron chi connectivity index (χ1n) is 4.49. The molecule has 0 radical (unpaired) electrons. The van der Waals surface area contributed by atoms with Gasteiger partial charge in [0.25, 0.3) is 0 Å². The van der Waals surface area contributed by atoms with Crippen molar-refractivity contribution >= 4 is 45.1 Å². The first-order chi connectivity index (χ1) is 7.00. The molecule has 0 spiro atoms. The zero-order chi connectivity index (χ0) is 11.2. The van der Waals surface area contributed by atoms with E-state index >= 15 is 0 Å². The lowest BCUT2D eigenvalue weighted by Crippen LogP contribution is -2.10. The number of aryl methyl sites for hydroxylation is 1. The molecule has 0 aliphatic heterocycles. The van der Waals surface area contributed by atoms with Crippen molar-refractivity contribution in [2.75, 3.05) is 0 Å². The Morgan fingerprint density at radius 1 is 1.33 bits per heavy atom. The van der Waals surface area contributed by atoms with Crippen molar-refractivity contribution in [2.24, 2.45) is 0 Å². The van der Waals surface area contributed by atoms with Crippen LogP contribution >= 0.6 is 34.2 Å².